The highest BCUT2D eigenvalue weighted by Gasteiger charge is 2.32. The molecule has 2 aliphatic rings. The fourth-order valence-corrected chi connectivity index (χ4v) is 3.97. The van der Waals surface area contributed by atoms with Crippen LogP contribution in [0.2, 0.25) is 0 Å². The summed E-state index contributed by atoms with van der Waals surface area (Å²) in [6.45, 7) is 8.50. The zero-order valence-electron chi connectivity index (χ0n) is 9.91. The molecule has 1 N–H and O–H groups in total. The predicted octanol–water partition coefficient (Wildman–Crippen LogP) is 2.10. The Morgan fingerprint density at radius 3 is 3.12 bits per heavy atom. The minimum Gasteiger partial charge on any atom is -0.316 e. The van der Waals surface area contributed by atoms with Gasteiger partial charge in [0, 0.05) is 18.0 Å². The summed E-state index contributed by atoms with van der Waals surface area (Å²) in [6.07, 6.45) is 1.39. The van der Waals surface area contributed by atoms with Crippen LogP contribution in [0.5, 0.6) is 0 Å². The highest BCUT2D eigenvalue weighted by molar-refractivity contribution is 7.10. The molecule has 0 aliphatic carbocycles. The van der Waals surface area contributed by atoms with E-state index in [0.29, 0.717) is 0 Å². The minimum atomic E-state index is 0.911. The van der Waals surface area contributed by atoms with E-state index in [4.69, 9.17) is 0 Å². The first kappa shape index (κ1) is 10.8. The Hall–Kier alpha value is -0.380. The third kappa shape index (κ3) is 2.04. The molecule has 0 bridgehead atoms. The number of fused-ring (bicyclic) bond motifs is 1. The van der Waals surface area contributed by atoms with E-state index in [1.807, 2.05) is 11.3 Å². The summed E-state index contributed by atoms with van der Waals surface area (Å²) < 4.78 is 0. The van der Waals surface area contributed by atoms with Crippen molar-refractivity contribution in [2.45, 2.75) is 19.9 Å². The van der Waals surface area contributed by atoms with Crippen LogP contribution in [0.15, 0.2) is 11.4 Å². The van der Waals surface area contributed by atoms with Crippen molar-refractivity contribution in [2.24, 2.45) is 11.8 Å². The molecule has 2 nitrogen and oxygen atoms in total. The predicted molar refractivity (Wildman–Crippen MR) is 68.8 cm³/mol. The van der Waals surface area contributed by atoms with Crippen molar-refractivity contribution in [3.05, 3.63) is 21.9 Å². The highest BCUT2D eigenvalue weighted by Crippen LogP contribution is 2.28. The van der Waals surface area contributed by atoms with E-state index in [1.54, 1.807) is 4.88 Å². The molecule has 16 heavy (non-hydrogen) atoms. The Morgan fingerprint density at radius 1 is 1.44 bits per heavy atom. The molecule has 2 aliphatic heterocycles. The molecular formula is C13H20N2S. The molecule has 3 rings (SSSR count). The van der Waals surface area contributed by atoms with Gasteiger partial charge in [0.2, 0.25) is 0 Å². The maximum Gasteiger partial charge on any atom is 0.0330 e. The van der Waals surface area contributed by atoms with Crippen molar-refractivity contribution >= 4 is 11.3 Å². The molecule has 0 aromatic carbocycles. The second-order valence-corrected chi connectivity index (χ2v) is 6.23. The second-order valence-electron chi connectivity index (χ2n) is 5.23. The molecule has 0 spiro atoms. The van der Waals surface area contributed by atoms with Gasteiger partial charge >= 0.3 is 0 Å². The fraction of sp³-hybridized carbons (Fsp3) is 0.692. The Bertz CT molecular complexity index is 361. The lowest BCUT2D eigenvalue weighted by molar-refractivity contribution is 0.143. The first-order valence-corrected chi connectivity index (χ1v) is 7.17. The van der Waals surface area contributed by atoms with Gasteiger partial charge in [0.1, 0.15) is 0 Å². The Kier molecular flexibility index (Phi) is 3.01. The van der Waals surface area contributed by atoms with Crippen LogP contribution < -0.4 is 5.32 Å². The average Bonchev–Trinajstić information content (AvgIpc) is 2.88. The molecule has 1 aromatic heterocycles. The number of nitrogens with zero attached hydrogens (tertiary/aromatic N) is 1. The number of hydrogen-bond acceptors (Lipinski definition) is 3. The number of hydrogen-bond donors (Lipinski definition) is 1. The van der Waals surface area contributed by atoms with E-state index < -0.39 is 0 Å². The second kappa shape index (κ2) is 4.47. The fourth-order valence-electron chi connectivity index (χ4n) is 3.02. The number of likely N-dealkylation sites (tertiary alicyclic amines) is 1. The van der Waals surface area contributed by atoms with Crippen LogP contribution in [0.3, 0.4) is 0 Å². The van der Waals surface area contributed by atoms with Gasteiger partial charge < -0.3 is 5.32 Å². The van der Waals surface area contributed by atoms with Crippen LogP contribution in [0.25, 0.3) is 0 Å². The number of aryl methyl sites for hydroxylation is 1. The molecule has 3 heteroatoms. The van der Waals surface area contributed by atoms with Gasteiger partial charge in [0.05, 0.1) is 0 Å². The van der Waals surface area contributed by atoms with Gasteiger partial charge in [-0.3, -0.25) is 4.90 Å². The highest BCUT2D eigenvalue weighted by atomic mass is 32.1. The van der Waals surface area contributed by atoms with Gasteiger partial charge in [-0.25, -0.2) is 0 Å². The third-order valence-corrected chi connectivity index (χ3v) is 5.13. The van der Waals surface area contributed by atoms with Gasteiger partial charge in [-0.05, 0) is 61.8 Å². The summed E-state index contributed by atoms with van der Waals surface area (Å²) >= 11 is 1.91. The summed E-state index contributed by atoms with van der Waals surface area (Å²) in [5.74, 6) is 1.87. The van der Waals surface area contributed by atoms with Crippen molar-refractivity contribution in [2.75, 3.05) is 26.2 Å². The Balaban J connectivity index is 1.62. The van der Waals surface area contributed by atoms with E-state index in [1.165, 1.54) is 44.7 Å². The van der Waals surface area contributed by atoms with Crippen molar-refractivity contribution in [3.8, 4) is 0 Å². The maximum atomic E-state index is 3.53. The lowest BCUT2D eigenvalue weighted by Crippen LogP contribution is -2.39. The van der Waals surface area contributed by atoms with Crippen molar-refractivity contribution in [1.29, 1.82) is 0 Å². The molecule has 0 amide bonds. The number of rotatable bonds is 2. The zero-order chi connectivity index (χ0) is 11.0. The molecule has 2 atom stereocenters. The largest absolute Gasteiger partial charge is 0.316 e. The molecule has 2 saturated heterocycles. The molecule has 2 unspecified atom stereocenters. The van der Waals surface area contributed by atoms with Crippen molar-refractivity contribution in [3.63, 3.8) is 0 Å². The zero-order valence-corrected chi connectivity index (χ0v) is 10.7. The van der Waals surface area contributed by atoms with Crippen LogP contribution in [-0.4, -0.2) is 31.1 Å². The van der Waals surface area contributed by atoms with Crippen molar-refractivity contribution < 1.29 is 0 Å². The number of nitrogens with one attached hydrogen (secondary N) is 1. The molecule has 0 saturated carbocycles. The molecule has 3 heterocycles. The van der Waals surface area contributed by atoms with E-state index in [2.05, 4.69) is 28.6 Å². The van der Waals surface area contributed by atoms with Crippen LogP contribution in [0.4, 0.5) is 0 Å². The maximum absolute atomic E-state index is 3.53. The lowest BCUT2D eigenvalue weighted by Gasteiger charge is -2.34. The topological polar surface area (TPSA) is 15.3 Å². The molecule has 2 fully saturated rings. The van der Waals surface area contributed by atoms with Crippen molar-refractivity contribution in [1.82, 2.24) is 10.2 Å². The third-order valence-electron chi connectivity index (χ3n) is 4.12. The summed E-state index contributed by atoms with van der Waals surface area (Å²) in [4.78, 5) is 4.21. The normalized spacial score (nSPS) is 30.6. The van der Waals surface area contributed by atoms with Crippen LogP contribution in [0.1, 0.15) is 16.9 Å². The molecular weight excluding hydrogens is 216 g/mol. The summed E-state index contributed by atoms with van der Waals surface area (Å²) in [7, 11) is 0. The van der Waals surface area contributed by atoms with Gasteiger partial charge in [0.25, 0.3) is 0 Å². The summed E-state index contributed by atoms with van der Waals surface area (Å²) in [5, 5.41) is 5.75. The van der Waals surface area contributed by atoms with E-state index in [9.17, 15) is 0 Å². The standard InChI is InChI=1S/C13H20N2S/c1-10-3-5-16-13(10)9-15-4-2-11-6-14-7-12(11)8-15/h3,5,11-12,14H,2,4,6-9H2,1H3. The quantitative estimate of drug-likeness (QED) is 0.846. The van der Waals surface area contributed by atoms with Crippen LogP contribution >= 0.6 is 11.3 Å². The summed E-state index contributed by atoms with van der Waals surface area (Å²) in [6, 6.07) is 2.24. The molecule has 1 aromatic rings. The Labute approximate surface area is 102 Å². The van der Waals surface area contributed by atoms with Gasteiger partial charge in [0.15, 0.2) is 0 Å². The number of piperidine rings is 1. The molecule has 88 valence electrons. The minimum absolute atomic E-state index is 0.911. The van der Waals surface area contributed by atoms with E-state index in [0.717, 1.165) is 11.8 Å². The molecule has 0 radical (unpaired) electrons. The number of thiophene rings is 1. The van der Waals surface area contributed by atoms with E-state index >= 15 is 0 Å². The van der Waals surface area contributed by atoms with Gasteiger partial charge in [-0.15, -0.1) is 11.3 Å². The van der Waals surface area contributed by atoms with E-state index in [-0.39, 0.29) is 0 Å². The van der Waals surface area contributed by atoms with Crippen LogP contribution in [-0.2, 0) is 6.54 Å². The first-order valence-electron chi connectivity index (χ1n) is 6.29. The smallest absolute Gasteiger partial charge is 0.0330 e. The monoisotopic (exact) mass is 236 g/mol. The van der Waals surface area contributed by atoms with Gasteiger partial charge in [-0.1, -0.05) is 0 Å². The summed E-state index contributed by atoms with van der Waals surface area (Å²) in [5.41, 5.74) is 1.47. The SMILES string of the molecule is Cc1ccsc1CN1CCC2CNCC2C1. The first-order chi connectivity index (χ1) is 7.83. The Morgan fingerprint density at radius 2 is 2.31 bits per heavy atom. The lowest BCUT2D eigenvalue weighted by atomic mass is 9.89. The van der Waals surface area contributed by atoms with Crippen LogP contribution in [0, 0.1) is 18.8 Å². The average molecular weight is 236 g/mol. The van der Waals surface area contributed by atoms with Gasteiger partial charge in [-0.2, -0.15) is 0 Å².